The molecule has 0 atom stereocenters. The van der Waals surface area contributed by atoms with Crippen LogP contribution in [0.1, 0.15) is 119 Å². The third-order valence-electron chi connectivity index (χ3n) is 11.2. The lowest BCUT2D eigenvalue weighted by Crippen LogP contribution is -2.02. The van der Waals surface area contributed by atoms with Crippen LogP contribution < -0.4 is 18.9 Å². The lowest BCUT2D eigenvalue weighted by atomic mass is 10.1. The van der Waals surface area contributed by atoms with Gasteiger partial charge in [-0.3, -0.25) is 9.97 Å². The molecule has 0 fully saturated rings. The highest BCUT2D eigenvalue weighted by molar-refractivity contribution is 5.81. The van der Waals surface area contributed by atoms with E-state index in [2.05, 4.69) is 29.2 Å². The van der Waals surface area contributed by atoms with E-state index in [0.29, 0.717) is 43.5 Å². The van der Waals surface area contributed by atoms with Gasteiger partial charge in [-0.05, 0) is 98.5 Å². The van der Waals surface area contributed by atoms with Gasteiger partial charge in [-0.2, -0.15) is 5.26 Å². The first kappa shape index (κ1) is 52.0. The minimum absolute atomic E-state index is 0.252. The number of nitriles is 1. The second kappa shape index (κ2) is 31.1. The minimum Gasteiger partial charge on any atom is -0.494 e. The number of rotatable bonds is 34. The van der Waals surface area contributed by atoms with Crippen molar-refractivity contribution in [3.05, 3.63) is 145 Å². The lowest BCUT2D eigenvalue weighted by molar-refractivity contribution is -0.138. The van der Waals surface area contributed by atoms with Crippen LogP contribution in [0, 0.1) is 11.3 Å². The summed E-state index contributed by atoms with van der Waals surface area (Å²) < 4.78 is 34.4. The smallest absolute Gasteiger partial charge is 0.330 e. The summed E-state index contributed by atoms with van der Waals surface area (Å²) in [6, 6.07) is 31.3. The number of ether oxygens (including phenoxy) is 6. The van der Waals surface area contributed by atoms with E-state index in [1.165, 1.54) is 50.7 Å². The van der Waals surface area contributed by atoms with Crippen LogP contribution in [-0.2, 0) is 32.3 Å². The first-order valence-electron chi connectivity index (χ1n) is 24.2. The summed E-state index contributed by atoms with van der Waals surface area (Å²) in [4.78, 5) is 31.5. The van der Waals surface area contributed by atoms with Crippen LogP contribution in [0.15, 0.2) is 129 Å². The van der Waals surface area contributed by atoms with Crippen LogP contribution in [0.5, 0.6) is 23.0 Å². The van der Waals surface area contributed by atoms with Crippen molar-refractivity contribution in [2.75, 3.05) is 26.4 Å². The normalized spacial score (nSPS) is 10.7. The largest absolute Gasteiger partial charge is 0.494 e. The Hall–Kier alpha value is -6.93. The number of nitrogens with zero attached hydrogens (tertiary/aromatic N) is 3. The summed E-state index contributed by atoms with van der Waals surface area (Å²) in [5.41, 5.74) is 5.94. The monoisotopic (exact) mass is 921 g/mol. The quantitative estimate of drug-likeness (QED) is 0.0221. The van der Waals surface area contributed by atoms with Gasteiger partial charge in [0.25, 0.3) is 0 Å². The fourth-order valence-electron chi connectivity index (χ4n) is 7.31. The van der Waals surface area contributed by atoms with Gasteiger partial charge in [-0.15, -0.1) is 0 Å². The van der Waals surface area contributed by atoms with Crippen LogP contribution in [0.4, 0.5) is 0 Å². The number of pyridine rings is 2. The number of hydrogen-bond acceptors (Lipinski definition) is 11. The number of carbonyl (C=O) groups is 2. The van der Waals surface area contributed by atoms with E-state index in [9.17, 15) is 14.9 Å². The molecule has 11 heteroatoms. The molecule has 11 nitrogen and oxygen atoms in total. The summed E-state index contributed by atoms with van der Waals surface area (Å²) in [6.07, 6.45) is 23.8. The van der Waals surface area contributed by atoms with Gasteiger partial charge in [0.15, 0.2) is 11.5 Å². The van der Waals surface area contributed by atoms with Gasteiger partial charge in [0, 0.05) is 52.9 Å². The number of aromatic nitrogens is 2. The van der Waals surface area contributed by atoms with Crippen molar-refractivity contribution in [2.45, 2.75) is 116 Å². The Kier molecular flexibility index (Phi) is 23.8. The van der Waals surface area contributed by atoms with E-state index in [4.69, 9.17) is 28.4 Å². The maximum atomic E-state index is 11.1. The molecular weight excluding hydrogens is 855 g/mol. The molecule has 3 aromatic carbocycles. The maximum Gasteiger partial charge on any atom is 0.330 e. The van der Waals surface area contributed by atoms with E-state index in [-0.39, 0.29) is 25.2 Å². The molecule has 2 aromatic heterocycles. The SMILES string of the molecule is C=CC(=O)OCCCCCCCCCCOc1ccc(-c2ccc(COc3ccc(C#N)cc3OCc3ccc(-c4ccc(OCCCCCCCCCCOC(=O)C=C)cc4)nc3)cn2)cc1. The van der Waals surface area contributed by atoms with Crippen molar-refractivity contribution in [1.29, 1.82) is 5.26 Å². The molecule has 0 unspecified atom stereocenters. The Bertz CT molecular complexity index is 2290. The summed E-state index contributed by atoms with van der Waals surface area (Å²) >= 11 is 0. The van der Waals surface area contributed by atoms with Crippen LogP contribution in [0.2, 0.25) is 0 Å². The molecule has 0 saturated heterocycles. The standard InChI is InChI=1S/C57H67N3O8/c1-3-56(61)65-37-19-15-11-7-5-9-13-17-35-63-50-28-24-48(25-29-50)52-32-21-46(41-59-52)43-67-54-34-23-45(40-58)39-55(54)68-44-47-22-33-53(60-42-47)49-26-30-51(31-27-49)64-36-18-14-10-6-8-12-16-20-38-66-57(62)4-2/h3-4,21-34,39,41-42H,1-2,5-20,35-38,43-44H2. The predicted molar refractivity (Wildman–Crippen MR) is 266 cm³/mol. The summed E-state index contributed by atoms with van der Waals surface area (Å²) in [5.74, 6) is 2.00. The Balaban J connectivity index is 0.966. The van der Waals surface area contributed by atoms with Gasteiger partial charge in [-0.1, -0.05) is 102 Å². The fraction of sp³-hybridized carbons (Fsp3) is 0.386. The van der Waals surface area contributed by atoms with E-state index < -0.39 is 0 Å². The number of esters is 2. The Morgan fingerprint density at radius 1 is 0.471 bits per heavy atom. The van der Waals surface area contributed by atoms with E-state index in [1.807, 2.05) is 79.0 Å². The molecule has 0 bridgehead atoms. The molecule has 0 aliphatic carbocycles. The van der Waals surface area contributed by atoms with Gasteiger partial charge in [-0.25, -0.2) is 9.59 Å². The highest BCUT2D eigenvalue weighted by Crippen LogP contribution is 2.31. The highest BCUT2D eigenvalue weighted by atomic mass is 16.5. The van der Waals surface area contributed by atoms with Crippen molar-refractivity contribution in [3.8, 4) is 51.6 Å². The van der Waals surface area contributed by atoms with Gasteiger partial charge in [0.2, 0.25) is 0 Å². The molecule has 5 aromatic rings. The van der Waals surface area contributed by atoms with Crippen LogP contribution in [0.3, 0.4) is 0 Å². The molecule has 2 heterocycles. The fourth-order valence-corrected chi connectivity index (χ4v) is 7.31. The molecule has 0 spiro atoms. The van der Waals surface area contributed by atoms with Gasteiger partial charge in [0.1, 0.15) is 24.7 Å². The van der Waals surface area contributed by atoms with Gasteiger partial charge >= 0.3 is 11.9 Å². The molecule has 0 radical (unpaired) electrons. The second-order valence-corrected chi connectivity index (χ2v) is 16.6. The molecule has 0 N–H and O–H groups in total. The second-order valence-electron chi connectivity index (χ2n) is 16.6. The molecule has 0 aliphatic rings. The molecule has 68 heavy (non-hydrogen) atoms. The molecule has 358 valence electrons. The predicted octanol–water partition coefficient (Wildman–Crippen LogP) is 13.3. The van der Waals surface area contributed by atoms with E-state index in [1.54, 1.807) is 24.4 Å². The van der Waals surface area contributed by atoms with Crippen LogP contribution >= 0.6 is 0 Å². The van der Waals surface area contributed by atoms with Crippen LogP contribution in [0.25, 0.3) is 22.5 Å². The van der Waals surface area contributed by atoms with E-state index in [0.717, 1.165) is 109 Å². The summed E-state index contributed by atoms with van der Waals surface area (Å²) in [6.45, 7) is 9.67. The first-order chi connectivity index (χ1) is 33.4. The van der Waals surface area contributed by atoms with Crippen molar-refractivity contribution < 1.29 is 38.0 Å². The zero-order chi connectivity index (χ0) is 47.9. The van der Waals surface area contributed by atoms with Crippen molar-refractivity contribution >= 4 is 11.9 Å². The van der Waals surface area contributed by atoms with Crippen molar-refractivity contribution in [2.24, 2.45) is 0 Å². The molecule has 0 aliphatic heterocycles. The van der Waals surface area contributed by atoms with Gasteiger partial charge < -0.3 is 28.4 Å². The van der Waals surface area contributed by atoms with Crippen molar-refractivity contribution in [1.82, 2.24) is 9.97 Å². The number of carbonyl (C=O) groups excluding carboxylic acids is 2. The maximum absolute atomic E-state index is 11.1. The average Bonchev–Trinajstić information content (AvgIpc) is 3.38. The summed E-state index contributed by atoms with van der Waals surface area (Å²) in [7, 11) is 0. The minimum atomic E-state index is -0.348. The molecule has 0 amide bonds. The zero-order valence-corrected chi connectivity index (χ0v) is 39.5. The Labute approximate surface area is 403 Å². The first-order valence-corrected chi connectivity index (χ1v) is 24.2. The zero-order valence-electron chi connectivity index (χ0n) is 39.5. The Morgan fingerprint density at radius 2 is 0.868 bits per heavy atom. The number of hydrogen-bond donors (Lipinski definition) is 0. The van der Waals surface area contributed by atoms with Crippen LogP contribution in [-0.4, -0.2) is 48.3 Å². The van der Waals surface area contributed by atoms with Crippen molar-refractivity contribution in [3.63, 3.8) is 0 Å². The van der Waals surface area contributed by atoms with E-state index >= 15 is 0 Å². The third kappa shape index (κ3) is 19.9. The van der Waals surface area contributed by atoms with Gasteiger partial charge in [0.05, 0.1) is 49.4 Å². The third-order valence-corrected chi connectivity index (χ3v) is 11.2. The number of unbranched alkanes of at least 4 members (excludes halogenated alkanes) is 14. The summed E-state index contributed by atoms with van der Waals surface area (Å²) in [5, 5.41) is 9.59. The molecule has 5 rings (SSSR count). The highest BCUT2D eigenvalue weighted by Gasteiger charge is 2.11. The molecule has 0 saturated carbocycles. The lowest BCUT2D eigenvalue weighted by Gasteiger charge is -2.14. The topological polar surface area (TPSA) is 139 Å². The molecular formula is C57H67N3O8. The number of benzene rings is 3. The Morgan fingerprint density at radius 3 is 1.25 bits per heavy atom. The average molecular weight is 922 g/mol.